The summed E-state index contributed by atoms with van der Waals surface area (Å²) >= 11 is 13.9. The van der Waals surface area contributed by atoms with Crippen molar-refractivity contribution in [1.29, 1.82) is 5.26 Å². The SMILES string of the molecule is N#Cc1cncc(COc2cc(O[C@H]3CCc4c(-c5cccc(OCCCN6CCC6)c5Cl)cccc43)c(Cl)cc2CNC[C@H]2CCC(=O)C2)c1. The number of benzene rings is 3. The standard InChI is InChI=1S/C41H42Cl2N4O4/c42-36-19-30(25-46-22-27-9-10-31(48)18-27)39(50-26-29-17-28(21-44)23-45-24-29)20-40(36)51-37-12-11-33-32(5-1-6-34(33)37)35-7-2-8-38(41(35)43)49-16-4-15-47-13-3-14-47/h1-2,5-8,17,19-20,23-24,27,37,46H,3-4,9-16,18,22,25-26H2/t27-,37-/m0/s1. The number of carbonyl (C=O) groups excluding carboxylic acids is 1. The molecule has 0 bridgehead atoms. The van der Waals surface area contributed by atoms with E-state index in [-0.39, 0.29) is 12.7 Å². The number of rotatable bonds is 15. The monoisotopic (exact) mass is 724 g/mol. The second-order valence-corrected chi connectivity index (χ2v) is 14.5. The van der Waals surface area contributed by atoms with Crippen molar-refractivity contribution in [2.24, 2.45) is 5.92 Å². The van der Waals surface area contributed by atoms with E-state index in [9.17, 15) is 10.1 Å². The number of pyridine rings is 1. The maximum atomic E-state index is 11.8. The lowest BCUT2D eigenvalue weighted by Gasteiger charge is -2.30. The second-order valence-electron chi connectivity index (χ2n) is 13.7. The van der Waals surface area contributed by atoms with Crippen LogP contribution >= 0.6 is 23.2 Å². The number of hydrogen-bond donors (Lipinski definition) is 1. The van der Waals surface area contributed by atoms with Gasteiger partial charge in [0.05, 0.1) is 22.2 Å². The summed E-state index contributed by atoms with van der Waals surface area (Å²) in [6.07, 6.45) is 9.11. The van der Waals surface area contributed by atoms with Crippen molar-refractivity contribution in [1.82, 2.24) is 15.2 Å². The lowest BCUT2D eigenvalue weighted by molar-refractivity contribution is -0.117. The first-order chi connectivity index (χ1) is 24.9. The fourth-order valence-electron chi connectivity index (χ4n) is 7.25. The Hall–Kier alpha value is -4.13. The normalized spacial score (nSPS) is 18.3. The van der Waals surface area contributed by atoms with E-state index in [1.165, 1.54) is 31.3 Å². The summed E-state index contributed by atoms with van der Waals surface area (Å²) in [6.45, 7) is 5.56. The van der Waals surface area contributed by atoms with Crippen molar-refractivity contribution in [2.45, 2.75) is 64.2 Å². The third kappa shape index (κ3) is 8.51. The van der Waals surface area contributed by atoms with E-state index in [1.807, 2.05) is 24.3 Å². The molecule has 3 aliphatic rings. The van der Waals surface area contributed by atoms with Gasteiger partial charge in [0.1, 0.15) is 41.8 Å². The van der Waals surface area contributed by atoms with Gasteiger partial charge >= 0.3 is 0 Å². The number of likely N-dealkylation sites (tertiary alicyclic amines) is 1. The molecule has 2 heterocycles. The molecule has 2 atom stereocenters. The molecule has 264 valence electrons. The van der Waals surface area contributed by atoms with Crippen LogP contribution in [0.15, 0.2) is 67.0 Å². The molecule has 8 nitrogen and oxygen atoms in total. The van der Waals surface area contributed by atoms with Crippen LogP contribution < -0.4 is 19.5 Å². The largest absolute Gasteiger partial charge is 0.492 e. The van der Waals surface area contributed by atoms with Crippen LogP contribution in [0.3, 0.4) is 0 Å². The molecule has 1 N–H and O–H groups in total. The molecule has 0 unspecified atom stereocenters. The zero-order chi connectivity index (χ0) is 35.2. The number of carbonyl (C=O) groups is 1. The van der Waals surface area contributed by atoms with E-state index in [4.69, 9.17) is 37.4 Å². The van der Waals surface area contributed by atoms with E-state index in [2.05, 4.69) is 45.5 Å². The molecule has 4 aromatic rings. The predicted octanol–water partition coefficient (Wildman–Crippen LogP) is 8.51. The molecule has 3 aromatic carbocycles. The molecular weight excluding hydrogens is 683 g/mol. The van der Waals surface area contributed by atoms with Crippen molar-refractivity contribution >= 4 is 29.0 Å². The number of nitrogens with one attached hydrogen (secondary N) is 1. The van der Waals surface area contributed by atoms with Crippen molar-refractivity contribution in [3.63, 3.8) is 0 Å². The summed E-state index contributed by atoms with van der Waals surface area (Å²) in [7, 11) is 0. The van der Waals surface area contributed by atoms with Gasteiger partial charge in [0.25, 0.3) is 0 Å². The number of Topliss-reactive ketones (excluding diaryl/α,β-unsaturated/α-hetero) is 1. The highest BCUT2D eigenvalue weighted by atomic mass is 35.5. The third-order valence-electron chi connectivity index (χ3n) is 10.1. The third-order valence-corrected chi connectivity index (χ3v) is 10.8. The maximum absolute atomic E-state index is 11.8. The van der Waals surface area contributed by atoms with E-state index in [0.717, 1.165) is 66.6 Å². The van der Waals surface area contributed by atoms with Gasteiger partial charge in [-0.1, -0.05) is 53.5 Å². The average Bonchev–Trinajstić information content (AvgIpc) is 3.74. The van der Waals surface area contributed by atoms with Crippen LogP contribution in [-0.2, 0) is 24.4 Å². The first-order valence-corrected chi connectivity index (χ1v) is 18.6. The van der Waals surface area contributed by atoms with Crippen LogP contribution in [0, 0.1) is 17.2 Å². The Balaban J connectivity index is 1.08. The van der Waals surface area contributed by atoms with Gasteiger partial charge in [-0.05, 0) is 92.5 Å². The fourth-order valence-corrected chi connectivity index (χ4v) is 7.77. The van der Waals surface area contributed by atoms with Gasteiger partial charge in [0, 0.05) is 61.1 Å². The van der Waals surface area contributed by atoms with E-state index < -0.39 is 0 Å². The highest BCUT2D eigenvalue weighted by Crippen LogP contribution is 2.45. The van der Waals surface area contributed by atoms with E-state index >= 15 is 0 Å². The number of hydrogen-bond acceptors (Lipinski definition) is 8. The Bertz CT molecular complexity index is 1920. The Labute approximate surface area is 309 Å². The molecule has 0 radical (unpaired) electrons. The zero-order valence-electron chi connectivity index (χ0n) is 28.6. The van der Waals surface area contributed by atoms with Crippen molar-refractivity contribution in [3.05, 3.63) is 105 Å². The van der Waals surface area contributed by atoms with Crippen LogP contribution in [0.1, 0.15) is 72.4 Å². The van der Waals surface area contributed by atoms with Crippen molar-refractivity contribution in [3.8, 4) is 34.4 Å². The smallest absolute Gasteiger partial charge is 0.142 e. The van der Waals surface area contributed by atoms with Crippen LogP contribution in [0.4, 0.5) is 0 Å². The van der Waals surface area contributed by atoms with Crippen LogP contribution in [-0.4, -0.2) is 48.5 Å². The van der Waals surface area contributed by atoms with Gasteiger partial charge in [-0.3, -0.25) is 9.78 Å². The summed E-state index contributed by atoms with van der Waals surface area (Å²) in [5.41, 5.74) is 6.50. The highest BCUT2D eigenvalue weighted by molar-refractivity contribution is 6.35. The van der Waals surface area contributed by atoms with Gasteiger partial charge in [-0.25, -0.2) is 0 Å². The Morgan fingerprint density at radius 3 is 2.63 bits per heavy atom. The molecule has 0 amide bonds. The van der Waals surface area contributed by atoms with Crippen molar-refractivity contribution < 1.29 is 19.0 Å². The van der Waals surface area contributed by atoms with Crippen molar-refractivity contribution in [2.75, 3.05) is 32.8 Å². The zero-order valence-corrected chi connectivity index (χ0v) is 30.1. The number of nitriles is 1. The molecule has 0 spiro atoms. The highest BCUT2D eigenvalue weighted by Gasteiger charge is 2.29. The lowest BCUT2D eigenvalue weighted by atomic mass is 9.96. The van der Waals surface area contributed by atoms with Crippen LogP contribution in [0.2, 0.25) is 10.0 Å². The Kier molecular flexibility index (Phi) is 11.4. The van der Waals surface area contributed by atoms with Crippen LogP contribution in [0.5, 0.6) is 17.2 Å². The van der Waals surface area contributed by atoms with Gasteiger partial charge in [-0.15, -0.1) is 0 Å². The number of aromatic nitrogens is 1. The minimum Gasteiger partial charge on any atom is -0.492 e. The van der Waals surface area contributed by atoms with Gasteiger partial charge in [0.2, 0.25) is 0 Å². The predicted molar refractivity (Wildman–Crippen MR) is 199 cm³/mol. The summed E-state index contributed by atoms with van der Waals surface area (Å²) in [5.74, 6) is 2.56. The number of ether oxygens (including phenoxy) is 3. The van der Waals surface area contributed by atoms with Gasteiger partial charge in [-0.2, -0.15) is 5.26 Å². The molecule has 1 saturated heterocycles. The lowest BCUT2D eigenvalue weighted by Crippen LogP contribution is -2.38. The second kappa shape index (κ2) is 16.5. The number of halogens is 2. The number of ketones is 1. The minimum absolute atomic E-state index is 0.203. The molecule has 1 aromatic heterocycles. The van der Waals surface area contributed by atoms with Crippen LogP contribution in [0.25, 0.3) is 11.1 Å². The molecule has 10 heteroatoms. The summed E-state index contributed by atoms with van der Waals surface area (Å²) in [6, 6.07) is 20.0. The minimum atomic E-state index is -0.203. The quantitative estimate of drug-likeness (QED) is 0.122. The van der Waals surface area contributed by atoms with Gasteiger partial charge < -0.3 is 24.4 Å². The molecular formula is C41H42Cl2N4O4. The molecule has 51 heavy (non-hydrogen) atoms. The van der Waals surface area contributed by atoms with Gasteiger partial charge in [0.15, 0.2) is 0 Å². The molecule has 1 saturated carbocycles. The molecule has 7 rings (SSSR count). The Morgan fingerprint density at radius 2 is 1.82 bits per heavy atom. The first kappa shape index (κ1) is 35.3. The van der Waals surface area contributed by atoms with E-state index in [1.54, 1.807) is 12.3 Å². The average molecular weight is 726 g/mol. The summed E-state index contributed by atoms with van der Waals surface area (Å²) < 4.78 is 19.1. The Morgan fingerprint density at radius 1 is 0.961 bits per heavy atom. The molecule has 2 fully saturated rings. The fraction of sp³-hybridized carbons (Fsp3) is 0.390. The number of nitrogens with zero attached hydrogens (tertiary/aromatic N) is 3. The number of fused-ring (bicyclic) bond motifs is 1. The summed E-state index contributed by atoms with van der Waals surface area (Å²) in [5, 5.41) is 14.0. The molecule has 2 aliphatic carbocycles. The summed E-state index contributed by atoms with van der Waals surface area (Å²) in [4.78, 5) is 18.4. The van der Waals surface area contributed by atoms with E-state index in [0.29, 0.717) is 70.6 Å². The molecule has 1 aliphatic heterocycles. The first-order valence-electron chi connectivity index (χ1n) is 17.9. The maximum Gasteiger partial charge on any atom is 0.142 e. The topological polar surface area (TPSA) is 96.7 Å².